The van der Waals surface area contributed by atoms with Crippen LogP contribution in [0, 0.1) is 0 Å². The van der Waals surface area contributed by atoms with E-state index in [1.165, 1.54) is 4.90 Å². The molecule has 0 saturated heterocycles. The number of nitrogens with one attached hydrogen (secondary N) is 1. The van der Waals surface area contributed by atoms with Gasteiger partial charge in [-0.2, -0.15) is 0 Å². The monoisotopic (exact) mass is 472 g/mol. The van der Waals surface area contributed by atoms with Gasteiger partial charge in [-0.25, -0.2) is 0 Å². The molecule has 0 bridgehead atoms. The van der Waals surface area contributed by atoms with Crippen LogP contribution < -0.4 is 15.0 Å². The van der Waals surface area contributed by atoms with Crippen molar-refractivity contribution in [1.29, 1.82) is 0 Å². The molecule has 1 aliphatic heterocycles. The maximum atomic E-state index is 13.5. The van der Waals surface area contributed by atoms with E-state index < -0.39 is 29.5 Å². The summed E-state index contributed by atoms with van der Waals surface area (Å²) < 4.78 is 5.13. The predicted molar refractivity (Wildman–Crippen MR) is 129 cm³/mol. The topological polar surface area (TPSA) is 109 Å². The van der Waals surface area contributed by atoms with Gasteiger partial charge >= 0.3 is 0 Å². The minimum absolute atomic E-state index is 0.0987. The number of nitrogens with zero attached hydrogens (tertiary/aromatic N) is 3. The van der Waals surface area contributed by atoms with Gasteiger partial charge in [-0.15, -0.1) is 0 Å². The van der Waals surface area contributed by atoms with E-state index in [1.54, 1.807) is 87.1 Å². The number of anilines is 2. The van der Waals surface area contributed by atoms with Gasteiger partial charge in [-0.1, -0.05) is 18.2 Å². The first-order valence-corrected chi connectivity index (χ1v) is 11.0. The van der Waals surface area contributed by atoms with Crippen LogP contribution in [0.25, 0.3) is 0 Å². The number of amides is 3. The summed E-state index contributed by atoms with van der Waals surface area (Å²) in [4.78, 5) is 58.1. The van der Waals surface area contributed by atoms with Crippen molar-refractivity contribution in [3.63, 3.8) is 0 Å². The Morgan fingerprint density at radius 1 is 1.06 bits per heavy atom. The second-order valence-corrected chi connectivity index (χ2v) is 8.01. The molecule has 178 valence electrons. The molecule has 0 saturated carbocycles. The quantitative estimate of drug-likeness (QED) is 0.505. The van der Waals surface area contributed by atoms with Crippen molar-refractivity contribution in [2.24, 2.45) is 0 Å². The summed E-state index contributed by atoms with van der Waals surface area (Å²) in [5, 5.41) is 2.80. The van der Waals surface area contributed by atoms with Gasteiger partial charge in [0, 0.05) is 24.6 Å². The highest BCUT2D eigenvalue weighted by molar-refractivity contribution is 6.52. The predicted octanol–water partition coefficient (Wildman–Crippen LogP) is 2.68. The van der Waals surface area contributed by atoms with E-state index in [0.29, 0.717) is 22.7 Å². The lowest BCUT2D eigenvalue weighted by molar-refractivity contribution is -0.138. The number of pyridine rings is 1. The van der Waals surface area contributed by atoms with Gasteiger partial charge in [0.15, 0.2) is 0 Å². The summed E-state index contributed by atoms with van der Waals surface area (Å²) in [7, 11) is 1.55. The van der Waals surface area contributed by atoms with E-state index in [0.717, 1.165) is 4.90 Å². The van der Waals surface area contributed by atoms with Crippen molar-refractivity contribution in [2.75, 3.05) is 23.9 Å². The van der Waals surface area contributed by atoms with Crippen LogP contribution in [0.15, 0.2) is 73.1 Å². The first-order valence-electron chi connectivity index (χ1n) is 11.0. The van der Waals surface area contributed by atoms with E-state index in [2.05, 4.69) is 10.3 Å². The fourth-order valence-electron chi connectivity index (χ4n) is 3.82. The molecule has 1 N–H and O–H groups in total. The lowest BCUT2D eigenvalue weighted by Crippen LogP contribution is -2.49. The molecule has 9 heteroatoms. The third kappa shape index (κ3) is 5.03. The van der Waals surface area contributed by atoms with Gasteiger partial charge in [0.05, 0.1) is 18.4 Å². The maximum absolute atomic E-state index is 13.5. The molecule has 4 rings (SSSR count). The molecule has 0 fully saturated rings. The minimum Gasteiger partial charge on any atom is -0.497 e. The average molecular weight is 473 g/mol. The van der Waals surface area contributed by atoms with Crippen LogP contribution in [0.5, 0.6) is 5.75 Å². The van der Waals surface area contributed by atoms with E-state index in [-0.39, 0.29) is 18.7 Å². The number of ketones is 1. The number of para-hydroxylation sites is 1. The van der Waals surface area contributed by atoms with Crippen LogP contribution in [0.1, 0.15) is 22.8 Å². The largest absolute Gasteiger partial charge is 0.497 e. The lowest BCUT2D eigenvalue weighted by Gasteiger charge is -2.30. The van der Waals surface area contributed by atoms with E-state index in [9.17, 15) is 19.2 Å². The Bertz CT molecular complexity index is 1260. The van der Waals surface area contributed by atoms with Crippen LogP contribution in [0.4, 0.5) is 11.4 Å². The first-order chi connectivity index (χ1) is 16.9. The number of ether oxygens (including phenoxy) is 1. The highest BCUT2D eigenvalue weighted by Crippen LogP contribution is 2.28. The first kappa shape index (κ1) is 23.6. The zero-order valence-electron chi connectivity index (χ0n) is 19.3. The van der Waals surface area contributed by atoms with E-state index >= 15 is 0 Å². The molecule has 1 atom stereocenters. The fraction of sp³-hybridized carbons (Fsp3) is 0.192. The molecule has 2 heterocycles. The number of Topliss-reactive ketones (excluding diaryl/α,β-unsaturated/α-hetero) is 1. The third-order valence-electron chi connectivity index (χ3n) is 5.77. The van der Waals surface area contributed by atoms with Gasteiger partial charge in [-0.3, -0.25) is 29.1 Å². The second kappa shape index (κ2) is 10.2. The Labute approximate surface area is 202 Å². The van der Waals surface area contributed by atoms with E-state index in [1.807, 2.05) is 0 Å². The Morgan fingerprint density at radius 3 is 2.49 bits per heavy atom. The van der Waals surface area contributed by atoms with Crippen molar-refractivity contribution in [3.8, 4) is 5.75 Å². The number of hydrogen-bond acceptors (Lipinski definition) is 6. The third-order valence-corrected chi connectivity index (χ3v) is 5.77. The molecule has 1 unspecified atom stereocenters. The maximum Gasteiger partial charge on any atom is 0.299 e. The van der Waals surface area contributed by atoms with Crippen LogP contribution in [0.3, 0.4) is 0 Å². The number of benzene rings is 2. The Kier molecular flexibility index (Phi) is 6.86. The molecule has 1 aliphatic rings. The van der Waals surface area contributed by atoms with Gasteiger partial charge in [0.1, 0.15) is 18.3 Å². The molecule has 35 heavy (non-hydrogen) atoms. The smallest absolute Gasteiger partial charge is 0.299 e. The molecule has 2 aromatic carbocycles. The number of aromatic nitrogens is 1. The number of fused-ring (bicyclic) bond motifs is 1. The minimum atomic E-state index is -0.881. The van der Waals surface area contributed by atoms with Crippen LogP contribution in [-0.2, 0) is 20.9 Å². The SMILES string of the molecule is COc1ccc(NC(=O)C(C)N(Cc2cccnc2)C(=O)CN2C(=O)C(=O)c3ccccc32)cc1. The van der Waals surface area contributed by atoms with E-state index in [4.69, 9.17) is 4.74 Å². The van der Waals surface area contributed by atoms with Crippen molar-refractivity contribution in [3.05, 3.63) is 84.2 Å². The number of carbonyl (C=O) groups excluding carboxylic acids is 4. The summed E-state index contributed by atoms with van der Waals surface area (Å²) in [6.45, 7) is 1.33. The number of carbonyl (C=O) groups is 4. The summed E-state index contributed by atoms with van der Waals surface area (Å²) in [5.74, 6) is -1.66. The molecule has 3 amide bonds. The Hall–Kier alpha value is -4.53. The van der Waals surface area contributed by atoms with Gasteiger partial charge in [-0.05, 0) is 55.0 Å². The average Bonchev–Trinajstić information content (AvgIpc) is 3.12. The molecular formula is C26H24N4O5. The molecule has 0 spiro atoms. The fourth-order valence-corrected chi connectivity index (χ4v) is 3.82. The molecule has 1 aromatic heterocycles. The zero-order valence-corrected chi connectivity index (χ0v) is 19.3. The summed E-state index contributed by atoms with van der Waals surface area (Å²) in [5.41, 5.74) is 1.90. The van der Waals surface area contributed by atoms with Crippen LogP contribution >= 0.6 is 0 Å². The van der Waals surface area contributed by atoms with Crippen molar-refractivity contribution in [2.45, 2.75) is 19.5 Å². The van der Waals surface area contributed by atoms with Crippen molar-refractivity contribution in [1.82, 2.24) is 9.88 Å². The number of hydrogen-bond donors (Lipinski definition) is 1. The summed E-state index contributed by atoms with van der Waals surface area (Å²) in [6.07, 6.45) is 3.22. The number of methoxy groups -OCH3 is 1. The molecule has 3 aromatic rings. The summed E-state index contributed by atoms with van der Waals surface area (Å²) in [6, 6.07) is 16.0. The van der Waals surface area contributed by atoms with Crippen molar-refractivity contribution < 1.29 is 23.9 Å². The molecule has 0 radical (unpaired) electrons. The summed E-state index contributed by atoms with van der Waals surface area (Å²) >= 11 is 0. The zero-order chi connectivity index (χ0) is 24.9. The standard InChI is InChI=1S/C26H24N4O5/c1-17(25(33)28-19-9-11-20(35-2)12-10-19)29(15-18-6-5-13-27-14-18)23(31)16-30-22-8-4-3-7-21(22)24(32)26(30)34/h3-14,17H,15-16H2,1-2H3,(H,28,33). The van der Waals surface area contributed by atoms with Gasteiger partial charge in [0.25, 0.3) is 11.7 Å². The molecule has 0 aliphatic carbocycles. The second-order valence-electron chi connectivity index (χ2n) is 8.01. The molecule has 9 nitrogen and oxygen atoms in total. The highest BCUT2D eigenvalue weighted by atomic mass is 16.5. The van der Waals surface area contributed by atoms with Crippen molar-refractivity contribution >= 4 is 34.9 Å². The van der Waals surface area contributed by atoms with Gasteiger partial charge in [0.2, 0.25) is 11.8 Å². The highest BCUT2D eigenvalue weighted by Gasteiger charge is 2.38. The Morgan fingerprint density at radius 2 is 1.80 bits per heavy atom. The lowest BCUT2D eigenvalue weighted by atomic mass is 10.1. The van der Waals surface area contributed by atoms with Crippen LogP contribution in [0.2, 0.25) is 0 Å². The number of rotatable bonds is 8. The van der Waals surface area contributed by atoms with Crippen LogP contribution in [-0.4, -0.2) is 53.1 Å². The normalized spacial score (nSPS) is 13.3. The Balaban J connectivity index is 1.56. The molecular weight excluding hydrogens is 448 g/mol. The van der Waals surface area contributed by atoms with Gasteiger partial charge < -0.3 is 15.0 Å².